The molecule has 2 fully saturated rings. The summed E-state index contributed by atoms with van der Waals surface area (Å²) in [7, 11) is -4.72. The molecule has 3 heterocycles. The zero-order chi connectivity index (χ0) is 25.2. The number of rotatable bonds is 7. The summed E-state index contributed by atoms with van der Waals surface area (Å²) in [6.45, 7) is -0.326. The second-order valence-corrected chi connectivity index (χ2v) is 8.86. The average Bonchev–Trinajstić information content (AvgIpc) is 3.47. The van der Waals surface area contributed by atoms with Gasteiger partial charge in [-0.1, -0.05) is 30.3 Å². The first-order chi connectivity index (χ1) is 16.6. The smallest absolute Gasteiger partial charge is 0.362 e. The highest BCUT2D eigenvalue weighted by atomic mass is 32.2. The first-order valence-corrected chi connectivity index (χ1v) is 11.7. The lowest BCUT2D eigenvalue weighted by molar-refractivity contribution is -0.141. The number of furan rings is 1. The van der Waals surface area contributed by atoms with E-state index in [1.165, 1.54) is 12.5 Å². The molecular weight excluding hydrogens is 484 g/mol. The minimum atomic E-state index is -4.72. The van der Waals surface area contributed by atoms with E-state index in [9.17, 15) is 27.6 Å². The molecule has 35 heavy (non-hydrogen) atoms. The van der Waals surface area contributed by atoms with Crippen molar-refractivity contribution in [3.05, 3.63) is 60.1 Å². The molecule has 2 atom stereocenters. The van der Waals surface area contributed by atoms with Crippen molar-refractivity contribution in [3.63, 3.8) is 0 Å². The van der Waals surface area contributed by atoms with Crippen molar-refractivity contribution >= 4 is 40.4 Å². The van der Waals surface area contributed by atoms with Crippen LogP contribution in [0.1, 0.15) is 17.4 Å². The van der Waals surface area contributed by atoms with Crippen LogP contribution in [-0.4, -0.2) is 83.0 Å². The number of imide groups is 1. The fourth-order valence-corrected chi connectivity index (χ4v) is 4.12. The van der Waals surface area contributed by atoms with Crippen LogP contribution in [0.4, 0.5) is 9.59 Å². The van der Waals surface area contributed by atoms with Crippen LogP contribution >= 0.6 is 0 Å². The number of nitrogens with zero attached hydrogens (tertiary/aromatic N) is 4. The first-order valence-electron chi connectivity index (χ1n) is 10.3. The quantitative estimate of drug-likeness (QED) is 0.266. The third-order valence-electron chi connectivity index (χ3n) is 5.25. The van der Waals surface area contributed by atoms with Crippen LogP contribution in [0.5, 0.6) is 0 Å². The van der Waals surface area contributed by atoms with Crippen molar-refractivity contribution in [3.8, 4) is 0 Å². The Hall–Kier alpha value is -4.24. The minimum absolute atomic E-state index is 0.00766. The number of nitrogens with one attached hydrogen (secondary N) is 2. The van der Waals surface area contributed by atoms with Gasteiger partial charge in [0.15, 0.2) is 0 Å². The lowest BCUT2D eigenvalue weighted by Gasteiger charge is -2.36. The van der Waals surface area contributed by atoms with Gasteiger partial charge in [0.25, 0.3) is 5.91 Å². The number of carbonyl (C=O) groups excluding carboxylic acids is 4. The Balaban J connectivity index is 1.43. The maximum absolute atomic E-state index is 12.9. The van der Waals surface area contributed by atoms with Crippen LogP contribution in [-0.2, 0) is 19.9 Å². The van der Waals surface area contributed by atoms with E-state index in [0.717, 1.165) is 9.91 Å². The topological polar surface area (TPSA) is 182 Å². The second kappa shape index (κ2) is 9.55. The molecule has 0 bridgehead atoms. The monoisotopic (exact) mass is 504 g/mol. The second-order valence-electron chi connectivity index (χ2n) is 7.52. The molecule has 15 heteroatoms. The summed E-state index contributed by atoms with van der Waals surface area (Å²) in [4.78, 5) is 51.2. The molecule has 4 rings (SSSR count). The van der Waals surface area contributed by atoms with Crippen LogP contribution in [0.25, 0.3) is 0 Å². The zero-order valence-electron chi connectivity index (χ0n) is 18.0. The van der Waals surface area contributed by atoms with Gasteiger partial charge < -0.3 is 15.1 Å². The highest BCUT2D eigenvalue weighted by Gasteiger charge is 2.45. The van der Waals surface area contributed by atoms with Crippen LogP contribution in [0.15, 0.2) is 58.2 Å². The number of benzene rings is 1. The minimum Gasteiger partial charge on any atom is -0.463 e. The van der Waals surface area contributed by atoms with Gasteiger partial charge in [0.05, 0.1) is 32.1 Å². The van der Waals surface area contributed by atoms with Gasteiger partial charge in [0.1, 0.15) is 17.8 Å². The Labute approximate surface area is 199 Å². The molecule has 1 aromatic carbocycles. The highest BCUT2D eigenvalue weighted by Crippen LogP contribution is 2.19. The van der Waals surface area contributed by atoms with Gasteiger partial charge in [-0.15, -0.1) is 0 Å². The van der Waals surface area contributed by atoms with Crippen molar-refractivity contribution in [2.75, 3.05) is 19.6 Å². The lowest BCUT2D eigenvalue weighted by Crippen LogP contribution is -2.66. The normalized spacial score (nSPS) is 19.1. The van der Waals surface area contributed by atoms with E-state index in [4.69, 9.17) is 8.97 Å². The van der Waals surface area contributed by atoms with E-state index in [-0.39, 0.29) is 17.4 Å². The maximum atomic E-state index is 12.9. The third kappa shape index (κ3) is 5.15. The zero-order valence-corrected chi connectivity index (χ0v) is 18.8. The van der Waals surface area contributed by atoms with Gasteiger partial charge >= 0.3 is 22.4 Å². The van der Waals surface area contributed by atoms with Crippen LogP contribution in [0.2, 0.25) is 0 Å². The van der Waals surface area contributed by atoms with Gasteiger partial charge in [-0.05, 0) is 17.7 Å². The summed E-state index contributed by atoms with van der Waals surface area (Å²) in [6, 6.07) is 7.27. The summed E-state index contributed by atoms with van der Waals surface area (Å²) < 4.78 is 36.5. The molecular formula is C20H20N6O8S. The Bertz CT molecular complexity index is 1260. The predicted molar refractivity (Wildman–Crippen MR) is 118 cm³/mol. The number of hydrogen-bond donors (Lipinski definition) is 3. The number of hydrogen-bond acceptors (Lipinski definition) is 8. The molecule has 14 nitrogen and oxygen atoms in total. The van der Waals surface area contributed by atoms with E-state index < -0.39 is 52.8 Å². The SMILES string of the molecule is O=C(N[C@H]1CN(S(=O)(=O)O)C1=O)C(NC(=O)N1CCN(N=Cc2ccco2)C1=O)c1ccccc1. The molecule has 1 aromatic heterocycles. The first kappa shape index (κ1) is 23.9. The van der Waals surface area contributed by atoms with Gasteiger partial charge in [-0.25, -0.2) is 23.8 Å². The fraction of sp³-hybridized carbons (Fsp3) is 0.250. The number of amides is 6. The molecule has 0 saturated carbocycles. The molecule has 2 aliphatic rings. The molecule has 184 valence electrons. The Morgan fingerprint density at radius 1 is 1.14 bits per heavy atom. The molecule has 3 N–H and O–H groups in total. The maximum Gasteiger partial charge on any atom is 0.362 e. The summed E-state index contributed by atoms with van der Waals surface area (Å²) >= 11 is 0. The molecule has 6 amide bonds. The Morgan fingerprint density at radius 2 is 1.89 bits per heavy atom. The Kier molecular flexibility index (Phi) is 6.52. The molecule has 0 aliphatic carbocycles. The van der Waals surface area contributed by atoms with Gasteiger partial charge in [0.2, 0.25) is 5.91 Å². The Morgan fingerprint density at radius 3 is 2.51 bits per heavy atom. The third-order valence-corrected chi connectivity index (χ3v) is 6.14. The summed E-state index contributed by atoms with van der Waals surface area (Å²) in [6.07, 6.45) is 2.77. The van der Waals surface area contributed by atoms with E-state index in [1.807, 2.05) is 0 Å². The standard InChI is InChI=1S/C20H20N6O8S/c27-17(22-15-12-26(18(15)28)35(31,32)33)16(13-5-2-1-3-6-13)23-19(29)24-8-9-25(20(24)30)21-11-14-7-4-10-34-14/h1-7,10-11,15-16H,8-9,12H2,(H,22,27)(H,23,29)(H,31,32,33)/t15-,16?/m0/s1. The van der Waals surface area contributed by atoms with Crippen molar-refractivity contribution in [1.29, 1.82) is 0 Å². The predicted octanol–water partition coefficient (Wildman–Crippen LogP) is -0.0682. The molecule has 2 saturated heterocycles. The number of carbonyl (C=O) groups is 4. The molecule has 2 aromatic rings. The molecule has 2 aliphatic heterocycles. The van der Waals surface area contributed by atoms with Crippen molar-refractivity contribution in [1.82, 2.24) is 24.8 Å². The van der Waals surface area contributed by atoms with Crippen LogP contribution in [0, 0.1) is 0 Å². The largest absolute Gasteiger partial charge is 0.463 e. The summed E-state index contributed by atoms with van der Waals surface area (Å²) in [5.74, 6) is -1.41. The molecule has 1 unspecified atom stereocenters. The van der Waals surface area contributed by atoms with E-state index >= 15 is 0 Å². The fourth-order valence-electron chi connectivity index (χ4n) is 3.42. The van der Waals surface area contributed by atoms with Crippen molar-refractivity contribution < 1.29 is 36.6 Å². The molecule has 0 spiro atoms. The summed E-state index contributed by atoms with van der Waals surface area (Å²) in [5.41, 5.74) is 0.358. The number of β-lactam (4-membered cyclic amide) rings is 1. The van der Waals surface area contributed by atoms with E-state index in [0.29, 0.717) is 11.3 Å². The van der Waals surface area contributed by atoms with Gasteiger partial charge in [-0.3, -0.25) is 14.1 Å². The van der Waals surface area contributed by atoms with E-state index in [1.54, 1.807) is 42.5 Å². The van der Waals surface area contributed by atoms with Crippen LogP contribution < -0.4 is 10.6 Å². The van der Waals surface area contributed by atoms with Gasteiger partial charge in [0, 0.05) is 0 Å². The van der Waals surface area contributed by atoms with Crippen molar-refractivity contribution in [2.45, 2.75) is 12.1 Å². The lowest BCUT2D eigenvalue weighted by atomic mass is 10.0. The highest BCUT2D eigenvalue weighted by molar-refractivity contribution is 7.84. The average molecular weight is 504 g/mol. The van der Waals surface area contributed by atoms with Crippen molar-refractivity contribution in [2.24, 2.45) is 5.10 Å². The summed E-state index contributed by atoms with van der Waals surface area (Å²) in [5, 5.41) is 9.88. The van der Waals surface area contributed by atoms with Gasteiger partial charge in [-0.2, -0.15) is 13.5 Å². The number of hydrazone groups is 1. The van der Waals surface area contributed by atoms with Crippen LogP contribution in [0.3, 0.4) is 0 Å². The molecule has 0 radical (unpaired) electrons. The van der Waals surface area contributed by atoms with E-state index in [2.05, 4.69) is 15.7 Å². The number of urea groups is 2.